The molecular formula is C32H31ClN4O3. The highest BCUT2D eigenvalue weighted by Gasteiger charge is 2.38. The third kappa shape index (κ3) is 4.90. The van der Waals surface area contributed by atoms with Crippen LogP contribution in [0.3, 0.4) is 0 Å². The van der Waals surface area contributed by atoms with Gasteiger partial charge < -0.3 is 25.6 Å². The highest BCUT2D eigenvalue weighted by atomic mass is 35.5. The van der Waals surface area contributed by atoms with Gasteiger partial charge in [-0.2, -0.15) is 0 Å². The zero-order chi connectivity index (χ0) is 28.6. The predicted molar refractivity (Wildman–Crippen MR) is 160 cm³/mol. The van der Waals surface area contributed by atoms with Gasteiger partial charge in [0.15, 0.2) is 5.60 Å². The van der Waals surface area contributed by atoms with E-state index < -0.39 is 5.60 Å². The second-order valence-electron chi connectivity index (χ2n) is 10.1. The fraction of sp³-hybridized carbons (Fsp3) is 0.188. The van der Waals surface area contributed by atoms with Crippen molar-refractivity contribution in [3.05, 3.63) is 130 Å². The monoisotopic (exact) mass is 554 g/mol. The molecule has 40 heavy (non-hydrogen) atoms. The molecule has 7 nitrogen and oxygen atoms in total. The Morgan fingerprint density at radius 2 is 1.82 bits per heavy atom. The van der Waals surface area contributed by atoms with Crippen LogP contribution in [-0.2, 0) is 12.6 Å². The van der Waals surface area contributed by atoms with Gasteiger partial charge in [0.05, 0.1) is 11.2 Å². The number of carbonyl (C=O) groups is 1. The number of nitrogens with zero attached hydrogens (tertiary/aromatic N) is 2. The van der Waals surface area contributed by atoms with E-state index in [9.17, 15) is 14.7 Å². The van der Waals surface area contributed by atoms with E-state index in [0.29, 0.717) is 38.5 Å². The molecule has 0 saturated heterocycles. The Kier molecular flexibility index (Phi) is 7.27. The lowest BCUT2D eigenvalue weighted by Gasteiger charge is -2.36. The lowest BCUT2D eigenvalue weighted by Crippen LogP contribution is -2.37. The zero-order valence-electron chi connectivity index (χ0n) is 22.4. The number of hydrogen-bond donors (Lipinski definition) is 3. The van der Waals surface area contributed by atoms with Crippen LogP contribution >= 0.6 is 11.6 Å². The molecule has 1 aliphatic carbocycles. The van der Waals surface area contributed by atoms with Crippen LogP contribution in [0.2, 0.25) is 5.02 Å². The van der Waals surface area contributed by atoms with Gasteiger partial charge >= 0.3 is 0 Å². The molecule has 1 aliphatic rings. The smallest absolute Gasteiger partial charge is 0.251 e. The number of benzene rings is 3. The maximum atomic E-state index is 12.9. The number of aliphatic hydroxyl groups is 1. The van der Waals surface area contributed by atoms with Crippen molar-refractivity contribution < 1.29 is 9.90 Å². The van der Waals surface area contributed by atoms with Gasteiger partial charge in [0, 0.05) is 48.4 Å². The maximum Gasteiger partial charge on any atom is 0.251 e. The van der Waals surface area contributed by atoms with Crippen molar-refractivity contribution in [2.24, 2.45) is 12.8 Å². The Hall–Kier alpha value is -4.33. The molecule has 1 heterocycles. The number of nitrogens with one attached hydrogen (secondary N) is 1. The third-order valence-electron chi connectivity index (χ3n) is 7.46. The van der Waals surface area contributed by atoms with Gasteiger partial charge in [-0.3, -0.25) is 9.59 Å². The van der Waals surface area contributed by atoms with Gasteiger partial charge in [-0.05, 0) is 77.7 Å². The molecule has 5 rings (SSSR count). The summed E-state index contributed by atoms with van der Waals surface area (Å²) in [5, 5.41) is 16.8. The zero-order valence-corrected chi connectivity index (χ0v) is 23.2. The average Bonchev–Trinajstić information content (AvgIpc) is 3.78. The Balaban J connectivity index is 1.72. The van der Waals surface area contributed by atoms with Crippen LogP contribution in [0.15, 0.2) is 102 Å². The van der Waals surface area contributed by atoms with Gasteiger partial charge in [0.1, 0.15) is 0 Å². The summed E-state index contributed by atoms with van der Waals surface area (Å²) >= 11 is 6.29. The highest BCUT2D eigenvalue weighted by Crippen LogP contribution is 2.40. The first kappa shape index (κ1) is 27.2. The summed E-state index contributed by atoms with van der Waals surface area (Å²) < 4.78 is 1.56. The van der Waals surface area contributed by atoms with E-state index in [1.807, 2.05) is 24.3 Å². The Labute approximate surface area is 237 Å². The fourth-order valence-electron chi connectivity index (χ4n) is 4.99. The Morgan fingerprint density at radius 3 is 2.45 bits per heavy atom. The maximum absolute atomic E-state index is 12.9. The molecule has 1 amide bonds. The van der Waals surface area contributed by atoms with Crippen LogP contribution in [0.4, 0.5) is 0 Å². The predicted octanol–water partition coefficient (Wildman–Crippen LogP) is 4.86. The molecule has 204 valence electrons. The molecule has 1 atom stereocenters. The molecule has 1 fully saturated rings. The average molecular weight is 555 g/mol. The number of halogens is 1. The number of pyridine rings is 1. The van der Waals surface area contributed by atoms with Gasteiger partial charge in [-0.1, -0.05) is 48.5 Å². The molecule has 3 aromatic carbocycles. The summed E-state index contributed by atoms with van der Waals surface area (Å²) in [6.45, 7) is 3.85. The van der Waals surface area contributed by atoms with Gasteiger partial charge in [-0.15, -0.1) is 0 Å². The third-order valence-corrected chi connectivity index (χ3v) is 7.69. The molecule has 0 aliphatic heterocycles. The number of hydrogen-bond acceptors (Lipinski definition) is 5. The summed E-state index contributed by atoms with van der Waals surface area (Å²) in [6, 6.07) is 21.4. The van der Waals surface area contributed by atoms with Crippen LogP contribution in [0, 0.1) is 0 Å². The quantitative estimate of drug-likeness (QED) is 0.289. The highest BCUT2D eigenvalue weighted by molar-refractivity contribution is 6.30. The minimum Gasteiger partial charge on any atom is -0.403 e. The molecule has 1 saturated carbocycles. The molecule has 1 unspecified atom stereocenters. The summed E-state index contributed by atoms with van der Waals surface area (Å²) in [4.78, 5) is 27.1. The number of aryl methyl sites for hydroxylation is 1. The number of rotatable bonds is 8. The van der Waals surface area contributed by atoms with Crippen molar-refractivity contribution in [2.75, 3.05) is 7.05 Å². The standard InChI is InChI=1S/C32H31ClN4O3/c1-4-36(2)29(19-34)32(40,22-10-8-20(9-11-22)31(39)35-25-13-14-25)23-12-15-28-27(17-23)26(18-30(38)37(28)3)21-6-5-7-24(33)16-21/h4-12,15-19,25,40H,1,13-14,34H2,2-3H3,(H,35,39)/b29-19-. The molecule has 1 aromatic heterocycles. The largest absolute Gasteiger partial charge is 0.403 e. The van der Waals surface area contributed by atoms with E-state index >= 15 is 0 Å². The Bertz CT molecular complexity index is 1710. The normalized spacial score (nSPS) is 14.9. The molecule has 8 heteroatoms. The fourth-order valence-corrected chi connectivity index (χ4v) is 5.18. The van der Waals surface area contributed by atoms with E-state index in [0.717, 1.165) is 23.8 Å². The van der Waals surface area contributed by atoms with Crippen LogP contribution in [0.1, 0.15) is 34.3 Å². The second-order valence-corrected chi connectivity index (χ2v) is 10.5. The number of aromatic nitrogens is 1. The van der Waals surface area contributed by atoms with Crippen LogP contribution in [-0.4, -0.2) is 33.6 Å². The minimum absolute atomic E-state index is 0.145. The van der Waals surface area contributed by atoms with Gasteiger partial charge in [0.25, 0.3) is 11.5 Å². The molecule has 4 aromatic rings. The summed E-state index contributed by atoms with van der Waals surface area (Å²) in [6.07, 6.45) is 4.89. The van der Waals surface area contributed by atoms with Gasteiger partial charge in [-0.25, -0.2) is 0 Å². The van der Waals surface area contributed by atoms with Crippen LogP contribution in [0.25, 0.3) is 22.0 Å². The molecular weight excluding hydrogens is 524 g/mol. The van der Waals surface area contributed by atoms with E-state index in [2.05, 4.69) is 11.9 Å². The number of fused-ring (bicyclic) bond motifs is 1. The van der Waals surface area contributed by atoms with Crippen LogP contribution in [0.5, 0.6) is 0 Å². The van der Waals surface area contributed by atoms with Crippen molar-refractivity contribution in [1.29, 1.82) is 0 Å². The summed E-state index contributed by atoms with van der Waals surface area (Å²) in [7, 11) is 3.46. The second kappa shape index (κ2) is 10.7. The van der Waals surface area contributed by atoms with E-state index in [-0.39, 0.29) is 17.5 Å². The van der Waals surface area contributed by atoms with Crippen molar-refractivity contribution >= 4 is 28.4 Å². The van der Waals surface area contributed by atoms with Crippen molar-refractivity contribution in [3.63, 3.8) is 0 Å². The van der Waals surface area contributed by atoms with E-state index in [4.69, 9.17) is 17.3 Å². The lowest BCUT2D eigenvalue weighted by atomic mass is 9.81. The van der Waals surface area contributed by atoms with Crippen molar-refractivity contribution in [2.45, 2.75) is 24.5 Å². The number of nitrogens with two attached hydrogens (primary N) is 1. The molecule has 4 N–H and O–H groups in total. The SMILES string of the molecule is C=CN(C)/C(=C\N)C(O)(c1ccc(C(=O)NC2CC2)cc1)c1ccc2c(c1)c(-c1cccc(Cl)c1)cc(=O)n2C. The molecule has 0 bridgehead atoms. The minimum atomic E-state index is -1.72. The topological polar surface area (TPSA) is 101 Å². The molecule has 0 spiro atoms. The number of amides is 1. The first-order chi connectivity index (χ1) is 19.2. The first-order valence-electron chi connectivity index (χ1n) is 13.0. The van der Waals surface area contributed by atoms with Gasteiger partial charge in [0.2, 0.25) is 0 Å². The summed E-state index contributed by atoms with van der Waals surface area (Å²) in [5.41, 5.74) is 8.27. The Morgan fingerprint density at radius 1 is 1.12 bits per heavy atom. The first-order valence-corrected chi connectivity index (χ1v) is 13.4. The lowest BCUT2D eigenvalue weighted by molar-refractivity contribution is 0.0941. The van der Waals surface area contributed by atoms with E-state index in [1.54, 1.807) is 78.3 Å². The van der Waals surface area contributed by atoms with Crippen LogP contribution < -0.4 is 16.6 Å². The van der Waals surface area contributed by atoms with E-state index in [1.165, 1.54) is 6.20 Å². The summed E-state index contributed by atoms with van der Waals surface area (Å²) in [5.74, 6) is -0.145. The number of carbonyl (C=O) groups excluding carboxylic acids is 1. The van der Waals surface area contributed by atoms with Crippen molar-refractivity contribution in [3.8, 4) is 11.1 Å². The number of likely N-dealkylation sites (N-methyl/N-ethyl adjacent to an activating group) is 1. The van der Waals surface area contributed by atoms with Crippen molar-refractivity contribution in [1.82, 2.24) is 14.8 Å². The molecule has 0 radical (unpaired) electrons.